The molecule has 1 saturated heterocycles. The molecule has 3 rings (SSSR count). The molecule has 0 radical (unpaired) electrons. The Morgan fingerprint density at radius 3 is 2.65 bits per heavy atom. The molecule has 1 aliphatic carbocycles. The van der Waals surface area contributed by atoms with Gasteiger partial charge in [-0.25, -0.2) is 0 Å². The van der Waals surface area contributed by atoms with Gasteiger partial charge in [0.1, 0.15) is 17.6 Å². The molecule has 144 valence electrons. The van der Waals surface area contributed by atoms with Gasteiger partial charge in [-0.1, -0.05) is 0 Å². The first-order chi connectivity index (χ1) is 12.6. The zero-order valence-electron chi connectivity index (χ0n) is 16.0. The second-order valence-corrected chi connectivity index (χ2v) is 8.18. The van der Waals surface area contributed by atoms with Gasteiger partial charge in [-0.05, 0) is 51.0 Å². The van der Waals surface area contributed by atoms with E-state index in [2.05, 4.69) is 23.4 Å². The quantitative estimate of drug-likeness (QED) is 0.753. The van der Waals surface area contributed by atoms with Crippen LogP contribution in [-0.4, -0.2) is 61.2 Å². The normalized spacial score (nSPS) is 19.8. The fourth-order valence-electron chi connectivity index (χ4n) is 3.37. The molecule has 5 nitrogen and oxygen atoms in total. The maximum atomic E-state index is 12.5. The third-order valence-electron chi connectivity index (χ3n) is 5.15. The van der Waals surface area contributed by atoms with Crippen LogP contribution in [0.2, 0.25) is 0 Å². The van der Waals surface area contributed by atoms with Crippen molar-refractivity contribution in [2.75, 3.05) is 32.2 Å². The first-order valence-electron chi connectivity index (χ1n) is 9.49. The Labute approximate surface area is 160 Å². The molecule has 26 heavy (non-hydrogen) atoms. The second-order valence-electron chi connectivity index (χ2n) is 7.27. The topological polar surface area (TPSA) is 50.8 Å². The average molecular weight is 379 g/mol. The Kier molecular flexibility index (Phi) is 6.70. The Balaban J connectivity index is 1.63. The number of amides is 1. The number of ether oxygens (including phenoxy) is 2. The summed E-state index contributed by atoms with van der Waals surface area (Å²) in [5, 5.41) is 3.05. The van der Waals surface area contributed by atoms with Crippen molar-refractivity contribution < 1.29 is 14.3 Å². The van der Waals surface area contributed by atoms with Crippen molar-refractivity contribution in [3.05, 3.63) is 23.8 Å². The van der Waals surface area contributed by atoms with E-state index in [-0.39, 0.29) is 12.0 Å². The molecule has 2 fully saturated rings. The third kappa shape index (κ3) is 5.07. The predicted octanol–water partition coefficient (Wildman–Crippen LogP) is 3.18. The lowest BCUT2D eigenvalue weighted by Crippen LogP contribution is -2.44. The zero-order valence-corrected chi connectivity index (χ0v) is 16.8. The molecule has 0 bridgehead atoms. The van der Waals surface area contributed by atoms with E-state index < -0.39 is 0 Å². The minimum absolute atomic E-state index is 0.0452. The first kappa shape index (κ1) is 19.4. The van der Waals surface area contributed by atoms with E-state index in [1.807, 2.05) is 30.0 Å². The van der Waals surface area contributed by atoms with E-state index >= 15 is 0 Å². The van der Waals surface area contributed by atoms with Crippen LogP contribution in [0, 0.1) is 0 Å². The summed E-state index contributed by atoms with van der Waals surface area (Å²) in [6.07, 6.45) is 6.42. The molecule has 1 amide bonds. The molecule has 1 N–H and O–H groups in total. The molecule has 1 aromatic carbocycles. The number of thioether (sulfide) groups is 1. The van der Waals surface area contributed by atoms with Crippen LogP contribution < -0.4 is 14.8 Å². The Hall–Kier alpha value is -1.40. The number of rotatable bonds is 8. The molecule has 1 aromatic rings. The van der Waals surface area contributed by atoms with Gasteiger partial charge < -0.3 is 14.8 Å². The summed E-state index contributed by atoms with van der Waals surface area (Å²) in [6.45, 7) is 4.37. The fourth-order valence-corrected chi connectivity index (χ4v) is 4.06. The number of likely N-dealkylation sites (tertiary alicyclic amines) is 1. The van der Waals surface area contributed by atoms with Crippen molar-refractivity contribution in [1.29, 1.82) is 0 Å². The molecule has 1 aliphatic heterocycles. The lowest BCUT2D eigenvalue weighted by atomic mass is 10.1. The highest BCUT2D eigenvalue weighted by Gasteiger charge is 2.27. The number of piperidine rings is 1. The van der Waals surface area contributed by atoms with Gasteiger partial charge in [0, 0.05) is 37.0 Å². The number of benzene rings is 1. The highest BCUT2D eigenvalue weighted by atomic mass is 32.2. The third-order valence-corrected chi connectivity index (χ3v) is 5.96. The van der Waals surface area contributed by atoms with E-state index in [1.165, 1.54) is 0 Å². The first-order valence-corrected chi connectivity index (χ1v) is 10.9. The van der Waals surface area contributed by atoms with Gasteiger partial charge in [0.2, 0.25) is 0 Å². The lowest BCUT2D eigenvalue weighted by Gasteiger charge is -2.36. The minimum Gasteiger partial charge on any atom is -0.497 e. The number of carbonyl (C=O) groups is 1. The van der Waals surface area contributed by atoms with Crippen LogP contribution in [-0.2, 0) is 0 Å². The van der Waals surface area contributed by atoms with Crippen LogP contribution in [0.3, 0.4) is 0 Å². The van der Waals surface area contributed by atoms with Crippen LogP contribution in [0.5, 0.6) is 11.5 Å². The number of methoxy groups -OCH3 is 1. The highest BCUT2D eigenvalue weighted by Crippen LogP contribution is 2.29. The van der Waals surface area contributed by atoms with Crippen molar-refractivity contribution in [2.24, 2.45) is 0 Å². The number of carbonyl (C=O) groups excluding carboxylic acids is 1. The molecule has 1 heterocycles. The summed E-state index contributed by atoms with van der Waals surface area (Å²) < 4.78 is 11.6. The largest absolute Gasteiger partial charge is 0.497 e. The standard InChI is InChI=1S/C20H30N2O3S/c1-14(13-26-3)22-10-8-16(9-11-22)25-19-12-17(24-2)6-7-18(19)20(23)21-15-4-5-15/h6-7,12,14-16H,4-5,8-11,13H2,1-3H3,(H,21,23). The van der Waals surface area contributed by atoms with Gasteiger partial charge in [0.05, 0.1) is 12.7 Å². The van der Waals surface area contributed by atoms with E-state index in [1.54, 1.807) is 7.11 Å². The molecule has 6 heteroatoms. The van der Waals surface area contributed by atoms with Crippen molar-refractivity contribution in [2.45, 2.75) is 50.8 Å². The van der Waals surface area contributed by atoms with Crippen LogP contribution in [0.4, 0.5) is 0 Å². The van der Waals surface area contributed by atoms with Gasteiger partial charge >= 0.3 is 0 Å². The Morgan fingerprint density at radius 2 is 2.04 bits per heavy atom. The smallest absolute Gasteiger partial charge is 0.255 e. The van der Waals surface area contributed by atoms with Crippen molar-refractivity contribution >= 4 is 17.7 Å². The summed E-state index contributed by atoms with van der Waals surface area (Å²) in [5.41, 5.74) is 0.607. The second kappa shape index (κ2) is 9.00. The van der Waals surface area contributed by atoms with Crippen LogP contribution in [0.25, 0.3) is 0 Å². The van der Waals surface area contributed by atoms with E-state index in [4.69, 9.17) is 9.47 Å². The molecule has 1 unspecified atom stereocenters. The molecule has 1 atom stereocenters. The number of nitrogens with zero attached hydrogens (tertiary/aromatic N) is 1. The maximum absolute atomic E-state index is 12.5. The van der Waals surface area contributed by atoms with Crippen LogP contribution >= 0.6 is 11.8 Å². The predicted molar refractivity (Wildman–Crippen MR) is 107 cm³/mol. The summed E-state index contributed by atoms with van der Waals surface area (Å²) in [5.74, 6) is 2.47. The van der Waals surface area contributed by atoms with Gasteiger partial charge in [0.25, 0.3) is 5.91 Å². The zero-order chi connectivity index (χ0) is 18.5. The van der Waals surface area contributed by atoms with Gasteiger partial charge in [0.15, 0.2) is 0 Å². The monoisotopic (exact) mass is 378 g/mol. The lowest BCUT2D eigenvalue weighted by molar-refractivity contribution is 0.0821. The van der Waals surface area contributed by atoms with E-state index in [9.17, 15) is 4.79 Å². The maximum Gasteiger partial charge on any atom is 0.255 e. The van der Waals surface area contributed by atoms with Crippen molar-refractivity contribution in [1.82, 2.24) is 10.2 Å². The van der Waals surface area contributed by atoms with Gasteiger partial charge in [-0.3, -0.25) is 9.69 Å². The van der Waals surface area contributed by atoms with Gasteiger partial charge in [-0.2, -0.15) is 11.8 Å². The number of hydrogen-bond donors (Lipinski definition) is 1. The van der Waals surface area contributed by atoms with E-state index in [0.717, 1.165) is 44.5 Å². The van der Waals surface area contributed by atoms with Crippen LogP contribution in [0.15, 0.2) is 18.2 Å². The number of hydrogen-bond acceptors (Lipinski definition) is 5. The Bertz CT molecular complexity index is 613. The molecule has 0 aromatic heterocycles. The average Bonchev–Trinajstić information content (AvgIpc) is 3.46. The Morgan fingerprint density at radius 1 is 1.31 bits per heavy atom. The summed E-state index contributed by atoms with van der Waals surface area (Å²) >= 11 is 1.89. The SMILES string of the molecule is COc1ccc(C(=O)NC2CC2)c(OC2CCN(C(C)CSC)CC2)c1. The van der Waals surface area contributed by atoms with Crippen molar-refractivity contribution in [3.63, 3.8) is 0 Å². The molecule has 0 spiro atoms. The fraction of sp³-hybridized carbons (Fsp3) is 0.650. The number of nitrogens with one attached hydrogen (secondary N) is 1. The van der Waals surface area contributed by atoms with Crippen LogP contribution in [0.1, 0.15) is 43.0 Å². The minimum atomic E-state index is -0.0452. The molecular formula is C20H30N2O3S. The van der Waals surface area contributed by atoms with Crippen molar-refractivity contribution in [3.8, 4) is 11.5 Å². The molecule has 2 aliphatic rings. The molecular weight excluding hydrogens is 348 g/mol. The van der Waals surface area contributed by atoms with E-state index in [0.29, 0.717) is 29.1 Å². The van der Waals surface area contributed by atoms with Gasteiger partial charge in [-0.15, -0.1) is 0 Å². The summed E-state index contributed by atoms with van der Waals surface area (Å²) in [4.78, 5) is 15.1. The summed E-state index contributed by atoms with van der Waals surface area (Å²) in [6, 6.07) is 6.40. The summed E-state index contributed by atoms with van der Waals surface area (Å²) in [7, 11) is 1.63. The highest BCUT2D eigenvalue weighted by molar-refractivity contribution is 7.98. The molecule has 1 saturated carbocycles.